The summed E-state index contributed by atoms with van der Waals surface area (Å²) in [5, 5.41) is 13.1. The maximum absolute atomic E-state index is 5.45. The smallest absolute Gasteiger partial charge is 0.133 e. The minimum Gasteiger partial charge on any atom is -0.378 e. The molecule has 0 amide bonds. The third-order valence-corrected chi connectivity index (χ3v) is 5.52. The van der Waals surface area contributed by atoms with E-state index >= 15 is 0 Å². The molecular weight excluding hydrogens is 344 g/mol. The first kappa shape index (κ1) is 16.7. The maximum atomic E-state index is 5.45. The van der Waals surface area contributed by atoms with Gasteiger partial charge in [0.05, 0.1) is 42.4 Å². The van der Waals surface area contributed by atoms with E-state index in [4.69, 9.17) is 9.26 Å². The molecule has 1 unspecified atom stereocenters. The van der Waals surface area contributed by atoms with Crippen LogP contribution in [0, 0.1) is 6.92 Å². The van der Waals surface area contributed by atoms with Crippen molar-refractivity contribution in [3.63, 3.8) is 0 Å². The van der Waals surface area contributed by atoms with Crippen molar-refractivity contribution >= 4 is 11.2 Å². The van der Waals surface area contributed by atoms with Crippen LogP contribution in [0.4, 0.5) is 5.69 Å². The minimum absolute atomic E-state index is 0.272. The number of hydrogen-bond donors (Lipinski definition) is 0. The number of pyridine rings is 1. The van der Waals surface area contributed by atoms with Gasteiger partial charge < -0.3 is 14.2 Å². The topological polar surface area (TPSA) is 71.9 Å². The Morgan fingerprint density at radius 3 is 2.89 bits per heavy atom. The lowest BCUT2D eigenvalue weighted by Gasteiger charge is -2.28. The van der Waals surface area contributed by atoms with E-state index in [1.807, 2.05) is 17.5 Å². The standard InChI is InChI=1S/C19H24N6O2/c1-14-11-15(21-27-14)12-24-6-2-3-17(24)19-18-5-4-16(13-25(18)22-20-19)23-7-9-26-10-8-23/h4-5,11,13,17H,2-3,6-10,12H2,1H3. The fourth-order valence-electron chi connectivity index (χ4n) is 4.17. The molecule has 3 aromatic rings. The first-order valence-corrected chi connectivity index (χ1v) is 9.62. The van der Waals surface area contributed by atoms with Crippen molar-refractivity contribution < 1.29 is 9.26 Å². The number of ether oxygens (including phenoxy) is 1. The molecular formula is C19H24N6O2. The molecule has 2 aliphatic heterocycles. The highest BCUT2D eigenvalue weighted by Crippen LogP contribution is 2.34. The van der Waals surface area contributed by atoms with Gasteiger partial charge in [-0.2, -0.15) is 0 Å². The van der Waals surface area contributed by atoms with Crippen LogP contribution in [0.1, 0.15) is 36.0 Å². The van der Waals surface area contributed by atoms with Crippen molar-refractivity contribution in [2.45, 2.75) is 32.4 Å². The van der Waals surface area contributed by atoms with E-state index in [1.54, 1.807) is 0 Å². The summed E-state index contributed by atoms with van der Waals surface area (Å²) < 4.78 is 12.6. The minimum atomic E-state index is 0.272. The Kier molecular flexibility index (Phi) is 4.29. The third-order valence-electron chi connectivity index (χ3n) is 5.52. The van der Waals surface area contributed by atoms with Crippen LogP contribution in [0.2, 0.25) is 0 Å². The summed E-state index contributed by atoms with van der Waals surface area (Å²) in [4.78, 5) is 4.76. The summed E-state index contributed by atoms with van der Waals surface area (Å²) in [5.41, 5.74) is 4.29. The molecule has 0 radical (unpaired) electrons. The van der Waals surface area contributed by atoms with Crippen LogP contribution in [0.3, 0.4) is 0 Å². The molecule has 2 saturated heterocycles. The van der Waals surface area contributed by atoms with Gasteiger partial charge in [0.1, 0.15) is 11.5 Å². The summed E-state index contributed by atoms with van der Waals surface area (Å²) in [6.45, 7) is 7.14. The number of aromatic nitrogens is 4. The molecule has 0 aliphatic carbocycles. The molecule has 2 aliphatic rings. The Bertz CT molecular complexity index is 929. The zero-order valence-corrected chi connectivity index (χ0v) is 15.5. The van der Waals surface area contributed by atoms with Gasteiger partial charge in [-0.15, -0.1) is 5.10 Å². The first-order chi connectivity index (χ1) is 13.3. The van der Waals surface area contributed by atoms with Gasteiger partial charge in [-0.1, -0.05) is 10.4 Å². The number of fused-ring (bicyclic) bond motifs is 1. The molecule has 5 rings (SSSR count). The van der Waals surface area contributed by atoms with E-state index in [0.717, 1.165) is 74.9 Å². The Hall–Kier alpha value is -2.45. The highest BCUT2D eigenvalue weighted by Gasteiger charge is 2.30. The van der Waals surface area contributed by atoms with Gasteiger partial charge in [-0.05, 0) is 38.4 Å². The number of morpholine rings is 1. The molecule has 0 N–H and O–H groups in total. The Balaban J connectivity index is 1.40. The quantitative estimate of drug-likeness (QED) is 0.699. The van der Waals surface area contributed by atoms with Crippen LogP contribution < -0.4 is 4.90 Å². The number of hydrogen-bond acceptors (Lipinski definition) is 7. The summed E-state index contributed by atoms with van der Waals surface area (Å²) in [5.74, 6) is 0.852. The van der Waals surface area contributed by atoms with Crippen molar-refractivity contribution in [2.75, 3.05) is 37.7 Å². The van der Waals surface area contributed by atoms with Gasteiger partial charge >= 0.3 is 0 Å². The largest absolute Gasteiger partial charge is 0.378 e. The average molecular weight is 368 g/mol. The second kappa shape index (κ2) is 6.94. The van der Waals surface area contributed by atoms with E-state index < -0.39 is 0 Å². The molecule has 0 bridgehead atoms. The summed E-state index contributed by atoms with van der Waals surface area (Å²) in [6.07, 6.45) is 4.33. The maximum Gasteiger partial charge on any atom is 0.133 e. The molecule has 8 heteroatoms. The number of rotatable bonds is 4. The highest BCUT2D eigenvalue weighted by molar-refractivity contribution is 5.58. The monoisotopic (exact) mass is 368 g/mol. The van der Waals surface area contributed by atoms with E-state index in [1.165, 1.54) is 5.69 Å². The predicted octanol–water partition coefficient (Wildman–Crippen LogP) is 2.20. The van der Waals surface area contributed by atoms with Gasteiger partial charge in [0.25, 0.3) is 0 Å². The van der Waals surface area contributed by atoms with E-state index in [-0.39, 0.29) is 6.04 Å². The fraction of sp³-hybridized carbons (Fsp3) is 0.526. The molecule has 0 saturated carbocycles. The molecule has 0 aromatic carbocycles. The van der Waals surface area contributed by atoms with Crippen LogP contribution in [-0.2, 0) is 11.3 Å². The van der Waals surface area contributed by atoms with Crippen molar-refractivity contribution in [2.24, 2.45) is 0 Å². The summed E-state index contributed by atoms with van der Waals surface area (Å²) in [7, 11) is 0. The van der Waals surface area contributed by atoms with Crippen molar-refractivity contribution in [1.82, 2.24) is 24.9 Å². The molecule has 3 aromatic heterocycles. The SMILES string of the molecule is Cc1cc(CN2CCCC2c2nnn3cc(N4CCOCC4)ccc23)no1. The van der Waals surface area contributed by atoms with Gasteiger partial charge in [0.2, 0.25) is 0 Å². The second-order valence-electron chi connectivity index (χ2n) is 7.35. The number of anilines is 1. The molecule has 5 heterocycles. The van der Waals surface area contributed by atoms with Crippen LogP contribution in [0.15, 0.2) is 28.9 Å². The van der Waals surface area contributed by atoms with Crippen molar-refractivity contribution in [3.8, 4) is 0 Å². The molecule has 2 fully saturated rings. The molecule has 1 atom stereocenters. The molecule has 27 heavy (non-hydrogen) atoms. The highest BCUT2D eigenvalue weighted by atomic mass is 16.5. The Morgan fingerprint density at radius 1 is 1.19 bits per heavy atom. The van der Waals surface area contributed by atoms with Crippen LogP contribution in [0.5, 0.6) is 0 Å². The lowest BCUT2D eigenvalue weighted by molar-refractivity contribution is 0.122. The average Bonchev–Trinajstić information content (AvgIpc) is 3.42. The van der Waals surface area contributed by atoms with Crippen LogP contribution in [0.25, 0.3) is 5.52 Å². The lowest BCUT2D eigenvalue weighted by atomic mass is 10.1. The molecule has 142 valence electrons. The van der Waals surface area contributed by atoms with Crippen LogP contribution in [-0.4, -0.2) is 57.7 Å². The Morgan fingerprint density at radius 2 is 2.07 bits per heavy atom. The van der Waals surface area contributed by atoms with E-state index in [9.17, 15) is 0 Å². The van der Waals surface area contributed by atoms with E-state index in [2.05, 4.69) is 43.6 Å². The van der Waals surface area contributed by atoms with Gasteiger partial charge in [0.15, 0.2) is 0 Å². The first-order valence-electron chi connectivity index (χ1n) is 9.62. The van der Waals surface area contributed by atoms with Gasteiger partial charge in [0, 0.05) is 25.7 Å². The summed E-state index contributed by atoms with van der Waals surface area (Å²) in [6, 6.07) is 6.60. The predicted molar refractivity (Wildman–Crippen MR) is 99.6 cm³/mol. The van der Waals surface area contributed by atoms with Crippen LogP contribution >= 0.6 is 0 Å². The Labute approximate surface area is 157 Å². The third kappa shape index (κ3) is 3.19. The van der Waals surface area contributed by atoms with Gasteiger partial charge in [-0.25, -0.2) is 4.52 Å². The molecule has 0 spiro atoms. The zero-order valence-electron chi connectivity index (χ0n) is 15.5. The zero-order chi connectivity index (χ0) is 18.2. The number of aryl methyl sites for hydroxylation is 1. The van der Waals surface area contributed by atoms with Crippen molar-refractivity contribution in [3.05, 3.63) is 41.5 Å². The number of nitrogens with zero attached hydrogens (tertiary/aromatic N) is 6. The summed E-state index contributed by atoms with van der Waals surface area (Å²) >= 11 is 0. The second-order valence-corrected chi connectivity index (χ2v) is 7.35. The normalized spacial score (nSPS) is 21.4. The molecule has 8 nitrogen and oxygen atoms in total. The lowest BCUT2D eigenvalue weighted by Crippen LogP contribution is -2.36. The number of likely N-dealkylation sites (tertiary alicyclic amines) is 1. The fourth-order valence-corrected chi connectivity index (χ4v) is 4.17. The van der Waals surface area contributed by atoms with Crippen molar-refractivity contribution in [1.29, 1.82) is 0 Å². The van der Waals surface area contributed by atoms with Gasteiger partial charge in [-0.3, -0.25) is 4.90 Å². The van der Waals surface area contributed by atoms with E-state index in [0.29, 0.717) is 0 Å².